The molecule has 0 bridgehead atoms. The quantitative estimate of drug-likeness (QED) is 0.556. The van der Waals surface area contributed by atoms with Gasteiger partial charge < -0.3 is 10.6 Å². The third-order valence-corrected chi connectivity index (χ3v) is 4.55. The van der Waals surface area contributed by atoms with Crippen LogP contribution in [0.25, 0.3) is 0 Å². The number of nitrogens with one attached hydrogen (secondary N) is 3. The zero-order chi connectivity index (χ0) is 14.5. The molecule has 2 aliphatic carbocycles. The lowest BCUT2D eigenvalue weighted by Crippen LogP contribution is -2.37. The van der Waals surface area contributed by atoms with Crippen LogP contribution in [0, 0.1) is 0 Å². The van der Waals surface area contributed by atoms with E-state index in [9.17, 15) is 4.79 Å². The molecule has 3 N–H and O–H groups in total. The number of halogens is 1. The summed E-state index contributed by atoms with van der Waals surface area (Å²) in [4.78, 5) is 12.0. The van der Waals surface area contributed by atoms with Gasteiger partial charge in [0.25, 0.3) is 5.91 Å². The van der Waals surface area contributed by atoms with E-state index in [1.54, 1.807) is 0 Å². The van der Waals surface area contributed by atoms with Crippen molar-refractivity contribution in [2.45, 2.75) is 63.3 Å². The first kappa shape index (κ1) is 17.3. The Morgan fingerprint density at radius 3 is 2.55 bits per heavy atom. The number of aromatic amines is 1. The summed E-state index contributed by atoms with van der Waals surface area (Å²) < 4.78 is 0. The third-order valence-electron chi connectivity index (χ3n) is 4.55. The maximum absolute atomic E-state index is 12.0. The van der Waals surface area contributed by atoms with Crippen LogP contribution in [0.2, 0.25) is 0 Å². The number of nitrogens with zero attached hydrogens (tertiary/aromatic N) is 1. The molecule has 5 nitrogen and oxygen atoms in total. The summed E-state index contributed by atoms with van der Waals surface area (Å²) in [5.74, 6) is 0.539. The molecule has 0 atom stereocenters. The van der Waals surface area contributed by atoms with E-state index in [-0.39, 0.29) is 18.3 Å². The predicted molar refractivity (Wildman–Crippen MR) is 89.6 cm³/mol. The van der Waals surface area contributed by atoms with Crippen molar-refractivity contribution in [3.8, 4) is 0 Å². The van der Waals surface area contributed by atoms with Crippen molar-refractivity contribution in [1.82, 2.24) is 20.8 Å². The summed E-state index contributed by atoms with van der Waals surface area (Å²) in [5, 5.41) is 13.6. The number of hydrogen-bond donors (Lipinski definition) is 3. The smallest absolute Gasteiger partial charge is 0.271 e. The maximum atomic E-state index is 12.0. The molecule has 1 aromatic rings. The van der Waals surface area contributed by atoms with Gasteiger partial charge in [-0.3, -0.25) is 9.89 Å². The van der Waals surface area contributed by atoms with E-state index in [0.29, 0.717) is 24.2 Å². The first-order valence-corrected chi connectivity index (χ1v) is 8.40. The molecule has 1 aromatic heterocycles. The van der Waals surface area contributed by atoms with Crippen molar-refractivity contribution in [3.05, 3.63) is 17.5 Å². The SMILES string of the molecule is Cl.O=C(NCCNC1CCCCCC1)c1cc(C2CC2)[nH]n1. The minimum atomic E-state index is -0.0687. The minimum Gasteiger partial charge on any atom is -0.349 e. The fourth-order valence-corrected chi connectivity index (χ4v) is 3.08. The van der Waals surface area contributed by atoms with Gasteiger partial charge in [0.2, 0.25) is 0 Å². The highest BCUT2D eigenvalue weighted by Gasteiger charge is 2.26. The zero-order valence-electron chi connectivity index (χ0n) is 13.1. The molecule has 22 heavy (non-hydrogen) atoms. The van der Waals surface area contributed by atoms with Crippen LogP contribution < -0.4 is 10.6 Å². The Labute approximate surface area is 138 Å². The highest BCUT2D eigenvalue weighted by atomic mass is 35.5. The molecule has 2 saturated carbocycles. The van der Waals surface area contributed by atoms with Gasteiger partial charge in [-0.2, -0.15) is 5.10 Å². The largest absolute Gasteiger partial charge is 0.349 e. The Morgan fingerprint density at radius 1 is 1.14 bits per heavy atom. The molecule has 124 valence electrons. The average molecular weight is 327 g/mol. The van der Waals surface area contributed by atoms with E-state index in [2.05, 4.69) is 20.8 Å². The van der Waals surface area contributed by atoms with Crippen LogP contribution in [-0.4, -0.2) is 35.2 Å². The van der Waals surface area contributed by atoms with Crippen molar-refractivity contribution >= 4 is 18.3 Å². The Morgan fingerprint density at radius 2 is 1.86 bits per heavy atom. The number of rotatable bonds is 6. The topological polar surface area (TPSA) is 69.8 Å². The average Bonchev–Trinajstić information content (AvgIpc) is 3.28. The highest BCUT2D eigenvalue weighted by molar-refractivity contribution is 5.92. The second-order valence-electron chi connectivity index (χ2n) is 6.38. The van der Waals surface area contributed by atoms with Crippen LogP contribution in [0.5, 0.6) is 0 Å². The van der Waals surface area contributed by atoms with Gasteiger partial charge in [0.1, 0.15) is 5.69 Å². The lowest BCUT2D eigenvalue weighted by atomic mass is 10.1. The van der Waals surface area contributed by atoms with E-state index in [0.717, 1.165) is 12.2 Å². The minimum absolute atomic E-state index is 0. The summed E-state index contributed by atoms with van der Waals surface area (Å²) in [6.45, 7) is 1.51. The number of carbonyl (C=O) groups is 1. The second-order valence-corrected chi connectivity index (χ2v) is 6.38. The van der Waals surface area contributed by atoms with Crippen LogP contribution in [0.4, 0.5) is 0 Å². The molecule has 0 saturated heterocycles. The number of aromatic nitrogens is 2. The molecule has 0 spiro atoms. The van der Waals surface area contributed by atoms with Gasteiger partial charge >= 0.3 is 0 Å². The molecular formula is C16H27ClN4O. The Kier molecular flexibility index (Phi) is 6.70. The van der Waals surface area contributed by atoms with Gasteiger partial charge in [-0.1, -0.05) is 25.7 Å². The molecule has 1 amide bonds. The van der Waals surface area contributed by atoms with Crippen LogP contribution in [0.15, 0.2) is 6.07 Å². The number of carbonyl (C=O) groups excluding carboxylic acids is 1. The third kappa shape index (κ3) is 4.99. The summed E-state index contributed by atoms with van der Waals surface area (Å²) in [6.07, 6.45) is 10.4. The van der Waals surface area contributed by atoms with Crippen LogP contribution in [-0.2, 0) is 0 Å². The van der Waals surface area contributed by atoms with Crippen molar-refractivity contribution in [1.29, 1.82) is 0 Å². The molecule has 3 rings (SSSR count). The van der Waals surface area contributed by atoms with E-state index in [4.69, 9.17) is 0 Å². The van der Waals surface area contributed by atoms with E-state index >= 15 is 0 Å². The fourth-order valence-electron chi connectivity index (χ4n) is 3.08. The zero-order valence-corrected chi connectivity index (χ0v) is 13.9. The van der Waals surface area contributed by atoms with Gasteiger partial charge in [0, 0.05) is 30.7 Å². The number of amides is 1. The van der Waals surface area contributed by atoms with E-state index in [1.165, 1.54) is 51.4 Å². The Bertz CT molecular complexity index is 464. The summed E-state index contributed by atoms with van der Waals surface area (Å²) >= 11 is 0. The van der Waals surface area contributed by atoms with Gasteiger partial charge in [0.05, 0.1) is 0 Å². The van der Waals surface area contributed by atoms with Crippen molar-refractivity contribution in [2.75, 3.05) is 13.1 Å². The highest BCUT2D eigenvalue weighted by Crippen LogP contribution is 2.38. The number of H-pyrrole nitrogens is 1. The van der Waals surface area contributed by atoms with E-state index < -0.39 is 0 Å². The van der Waals surface area contributed by atoms with Crippen LogP contribution in [0.1, 0.15) is 73.5 Å². The van der Waals surface area contributed by atoms with Crippen molar-refractivity contribution in [3.63, 3.8) is 0 Å². The Hall–Kier alpha value is -1.07. The van der Waals surface area contributed by atoms with Crippen LogP contribution in [0.3, 0.4) is 0 Å². The first-order chi connectivity index (χ1) is 10.3. The van der Waals surface area contributed by atoms with Gasteiger partial charge in [-0.05, 0) is 31.7 Å². The number of hydrogen-bond acceptors (Lipinski definition) is 3. The monoisotopic (exact) mass is 326 g/mol. The molecule has 2 fully saturated rings. The van der Waals surface area contributed by atoms with Gasteiger partial charge in [0.15, 0.2) is 0 Å². The van der Waals surface area contributed by atoms with E-state index in [1.807, 2.05) is 6.07 Å². The maximum Gasteiger partial charge on any atom is 0.271 e. The standard InChI is InChI=1S/C16H26N4O.ClH/c21-16(15-11-14(19-20-15)12-7-8-12)18-10-9-17-13-5-3-1-2-4-6-13;/h11-13,17H,1-10H2,(H,18,21)(H,19,20);1H. The molecule has 0 aliphatic heterocycles. The molecule has 6 heteroatoms. The Balaban J connectivity index is 0.00000176. The molecule has 0 radical (unpaired) electrons. The normalized spacial score (nSPS) is 19.3. The fraction of sp³-hybridized carbons (Fsp3) is 0.750. The second kappa shape index (κ2) is 8.53. The lowest BCUT2D eigenvalue weighted by Gasteiger charge is -2.16. The van der Waals surface area contributed by atoms with Crippen molar-refractivity contribution in [2.24, 2.45) is 0 Å². The van der Waals surface area contributed by atoms with Crippen LogP contribution >= 0.6 is 12.4 Å². The summed E-state index contributed by atoms with van der Waals surface area (Å²) in [6, 6.07) is 2.53. The molecule has 1 heterocycles. The van der Waals surface area contributed by atoms with Gasteiger partial charge in [-0.15, -0.1) is 12.4 Å². The predicted octanol–water partition coefficient (Wildman–Crippen LogP) is 2.75. The molecule has 0 unspecified atom stereocenters. The summed E-state index contributed by atoms with van der Waals surface area (Å²) in [7, 11) is 0. The van der Waals surface area contributed by atoms with Gasteiger partial charge in [-0.25, -0.2) is 0 Å². The van der Waals surface area contributed by atoms with Crippen molar-refractivity contribution < 1.29 is 4.79 Å². The first-order valence-electron chi connectivity index (χ1n) is 8.40. The lowest BCUT2D eigenvalue weighted by molar-refractivity contribution is 0.0948. The molecule has 0 aromatic carbocycles. The molecular weight excluding hydrogens is 300 g/mol. The summed E-state index contributed by atoms with van der Waals surface area (Å²) in [5.41, 5.74) is 1.63. The molecule has 2 aliphatic rings.